The zero-order chi connectivity index (χ0) is 16.0. The molecule has 0 aliphatic rings. The van der Waals surface area contributed by atoms with E-state index in [-0.39, 0.29) is 75.5 Å². The SMILES string of the molecule is [K+].[O-]/[N+](CCc1ccccc1)=C(\Cc1ccccc1)[B-](F)(F)F. The predicted octanol–water partition coefficient (Wildman–Crippen LogP) is 0.814. The molecule has 2 nitrogen and oxygen atoms in total. The van der Waals surface area contributed by atoms with Gasteiger partial charge < -0.3 is 18.2 Å². The van der Waals surface area contributed by atoms with Gasteiger partial charge in [-0.25, -0.2) is 4.74 Å². The fourth-order valence-corrected chi connectivity index (χ4v) is 2.19. The van der Waals surface area contributed by atoms with Gasteiger partial charge in [0.15, 0.2) is 6.54 Å². The maximum atomic E-state index is 13.2. The van der Waals surface area contributed by atoms with Crippen molar-refractivity contribution in [3.8, 4) is 0 Å². The molecule has 2 aromatic rings. The summed E-state index contributed by atoms with van der Waals surface area (Å²) in [5.41, 5.74) is 0.330. The maximum absolute atomic E-state index is 13.2. The van der Waals surface area contributed by atoms with E-state index in [2.05, 4.69) is 0 Å². The molecule has 116 valence electrons. The van der Waals surface area contributed by atoms with E-state index in [0.29, 0.717) is 5.56 Å². The predicted molar refractivity (Wildman–Crippen MR) is 82.9 cm³/mol. The molecule has 0 spiro atoms. The Bertz CT molecular complexity index is 633. The maximum Gasteiger partial charge on any atom is 1.00 e. The van der Waals surface area contributed by atoms with Crippen molar-refractivity contribution in [1.29, 1.82) is 0 Å². The normalized spacial score (nSPS) is 12.3. The first-order valence-corrected chi connectivity index (χ1v) is 7.05. The third kappa shape index (κ3) is 6.81. The van der Waals surface area contributed by atoms with Crippen molar-refractivity contribution in [2.75, 3.05) is 6.54 Å². The van der Waals surface area contributed by atoms with Gasteiger partial charge in [0.05, 0.1) is 0 Å². The molecule has 0 aliphatic carbocycles. The molecule has 0 saturated carbocycles. The van der Waals surface area contributed by atoms with E-state index in [1.54, 1.807) is 54.6 Å². The number of rotatable bonds is 6. The molecule has 0 bridgehead atoms. The van der Waals surface area contributed by atoms with E-state index in [1.807, 2.05) is 6.07 Å². The Morgan fingerprint density at radius 3 is 1.83 bits per heavy atom. The third-order valence-electron chi connectivity index (χ3n) is 3.37. The number of hydroxylamine groups is 1. The molecular weight excluding hydrogens is 329 g/mol. The van der Waals surface area contributed by atoms with Gasteiger partial charge in [0.1, 0.15) is 5.61 Å². The van der Waals surface area contributed by atoms with Gasteiger partial charge in [0.2, 0.25) is 0 Å². The van der Waals surface area contributed by atoms with Crippen LogP contribution in [-0.4, -0.2) is 23.9 Å². The van der Waals surface area contributed by atoms with Gasteiger partial charge in [-0.2, -0.15) is 0 Å². The molecule has 2 rings (SSSR count). The summed E-state index contributed by atoms with van der Waals surface area (Å²) in [6, 6.07) is 17.2. The minimum Gasteiger partial charge on any atom is -0.626 e. The van der Waals surface area contributed by atoms with Gasteiger partial charge in [0.25, 0.3) is 0 Å². The van der Waals surface area contributed by atoms with Gasteiger partial charge in [-0.3, -0.25) is 0 Å². The molecule has 0 atom stereocenters. The Kier molecular flexibility index (Phi) is 8.57. The van der Waals surface area contributed by atoms with Crippen molar-refractivity contribution < 1.29 is 69.1 Å². The summed E-state index contributed by atoms with van der Waals surface area (Å²) in [7, 11) is 0. The fourth-order valence-electron chi connectivity index (χ4n) is 2.19. The van der Waals surface area contributed by atoms with Gasteiger partial charge in [-0.05, 0) is 11.1 Å². The van der Waals surface area contributed by atoms with E-state index in [0.717, 1.165) is 5.56 Å². The molecule has 0 radical (unpaired) electrons. The standard InChI is InChI=1S/C16H16BF3NO.K/c18-17(19,20)16(13-15-9-5-2-6-10-15)21(22)12-11-14-7-3-1-4-8-14;/h1-10H,11-13H2;/q-1;+1/b21-16+;. The quantitative estimate of drug-likeness (QED) is 0.250. The molecule has 0 unspecified atom stereocenters. The van der Waals surface area contributed by atoms with Crippen LogP contribution in [0.15, 0.2) is 60.7 Å². The first kappa shape index (κ1) is 20.4. The van der Waals surface area contributed by atoms with Crippen LogP contribution >= 0.6 is 0 Å². The molecule has 2 aromatic carbocycles. The average Bonchev–Trinajstić information content (AvgIpc) is 2.51. The van der Waals surface area contributed by atoms with E-state index in [9.17, 15) is 18.2 Å². The minimum absolute atomic E-state index is 0. The van der Waals surface area contributed by atoms with Crippen molar-refractivity contribution >= 4 is 12.6 Å². The Morgan fingerprint density at radius 1 is 0.870 bits per heavy atom. The second-order valence-corrected chi connectivity index (χ2v) is 5.07. The Hall–Kier alpha value is -0.599. The second kappa shape index (κ2) is 9.64. The van der Waals surface area contributed by atoms with Crippen molar-refractivity contribution in [2.45, 2.75) is 12.8 Å². The summed E-state index contributed by atoms with van der Waals surface area (Å²) in [6.07, 6.45) is -0.0998. The molecule has 23 heavy (non-hydrogen) atoms. The minimum atomic E-state index is -5.31. The van der Waals surface area contributed by atoms with E-state index >= 15 is 0 Å². The summed E-state index contributed by atoms with van der Waals surface area (Å²) in [6.45, 7) is -5.51. The van der Waals surface area contributed by atoms with Crippen LogP contribution in [-0.2, 0) is 12.8 Å². The summed E-state index contributed by atoms with van der Waals surface area (Å²) in [5, 5.41) is 11.9. The molecule has 0 saturated heterocycles. The third-order valence-corrected chi connectivity index (χ3v) is 3.37. The first-order chi connectivity index (χ1) is 10.5. The first-order valence-electron chi connectivity index (χ1n) is 7.05. The molecule has 0 aliphatic heterocycles. The molecular formula is C16H16BF3KNO. The average molecular weight is 345 g/mol. The smallest absolute Gasteiger partial charge is 0.626 e. The van der Waals surface area contributed by atoms with E-state index < -0.39 is 12.6 Å². The second-order valence-electron chi connectivity index (χ2n) is 5.07. The molecule has 0 aromatic heterocycles. The number of halogens is 3. The zero-order valence-electron chi connectivity index (χ0n) is 13.0. The van der Waals surface area contributed by atoms with Crippen LogP contribution in [0, 0.1) is 5.21 Å². The van der Waals surface area contributed by atoms with Crippen LogP contribution in [0.2, 0.25) is 0 Å². The number of nitrogens with zero attached hydrogens (tertiary/aromatic N) is 1. The Labute approximate surface area is 176 Å². The Morgan fingerprint density at radius 2 is 1.35 bits per heavy atom. The molecule has 0 heterocycles. The van der Waals surface area contributed by atoms with Crippen LogP contribution in [0.1, 0.15) is 11.1 Å². The van der Waals surface area contributed by atoms with Gasteiger partial charge in [-0.1, -0.05) is 60.7 Å². The molecule has 0 amide bonds. The summed E-state index contributed by atoms with van der Waals surface area (Å²) in [5.74, 6) is 0. The topological polar surface area (TPSA) is 26.1 Å². The van der Waals surface area contributed by atoms with Crippen molar-refractivity contribution in [2.24, 2.45) is 0 Å². The molecule has 0 fully saturated rings. The van der Waals surface area contributed by atoms with Crippen LogP contribution in [0.3, 0.4) is 0 Å². The van der Waals surface area contributed by atoms with Crippen LogP contribution in [0.4, 0.5) is 12.9 Å². The zero-order valence-corrected chi connectivity index (χ0v) is 16.1. The van der Waals surface area contributed by atoms with Crippen LogP contribution in [0.25, 0.3) is 0 Å². The van der Waals surface area contributed by atoms with Gasteiger partial charge in [0, 0.05) is 12.8 Å². The Balaban J connectivity index is 0.00000264. The molecule has 0 N–H and O–H groups in total. The van der Waals surface area contributed by atoms with Gasteiger partial charge in [-0.15, -0.1) is 0 Å². The summed E-state index contributed by atoms with van der Waals surface area (Å²) in [4.78, 5) is 0. The van der Waals surface area contributed by atoms with Crippen LogP contribution in [0.5, 0.6) is 0 Å². The molecule has 7 heteroatoms. The van der Waals surface area contributed by atoms with Crippen molar-refractivity contribution in [1.82, 2.24) is 0 Å². The number of hydrogen-bond acceptors (Lipinski definition) is 1. The monoisotopic (exact) mass is 345 g/mol. The van der Waals surface area contributed by atoms with Crippen molar-refractivity contribution in [3.05, 3.63) is 77.0 Å². The van der Waals surface area contributed by atoms with Crippen LogP contribution < -0.4 is 51.4 Å². The van der Waals surface area contributed by atoms with E-state index in [4.69, 9.17) is 0 Å². The van der Waals surface area contributed by atoms with E-state index in [1.165, 1.54) is 0 Å². The fraction of sp³-hybridized carbons (Fsp3) is 0.188. The number of hydrogen-bond donors (Lipinski definition) is 0. The van der Waals surface area contributed by atoms with Gasteiger partial charge >= 0.3 is 58.4 Å². The largest absolute Gasteiger partial charge is 1.00 e. The van der Waals surface area contributed by atoms with Crippen molar-refractivity contribution in [3.63, 3.8) is 0 Å². The summed E-state index contributed by atoms with van der Waals surface area (Å²) >= 11 is 0. The summed E-state index contributed by atoms with van der Waals surface area (Å²) < 4.78 is 39.6. The number of benzene rings is 2.